The van der Waals surface area contributed by atoms with E-state index >= 15 is 0 Å². The molecule has 1 heterocycles. The molecule has 0 aromatic rings. The molecule has 0 spiro atoms. The van der Waals surface area contributed by atoms with Crippen LogP contribution in [0.25, 0.3) is 0 Å². The predicted octanol–water partition coefficient (Wildman–Crippen LogP) is 0.0219. The van der Waals surface area contributed by atoms with Gasteiger partial charge in [-0.05, 0) is 11.8 Å². The first-order valence-corrected chi connectivity index (χ1v) is 8.66. The van der Waals surface area contributed by atoms with Crippen molar-refractivity contribution in [1.82, 2.24) is 4.90 Å². The van der Waals surface area contributed by atoms with Gasteiger partial charge in [0.15, 0.2) is 9.84 Å². The summed E-state index contributed by atoms with van der Waals surface area (Å²) in [4.78, 5) is 14.1. The van der Waals surface area contributed by atoms with Crippen LogP contribution < -0.4 is 5.73 Å². The van der Waals surface area contributed by atoms with Gasteiger partial charge in [0.2, 0.25) is 5.91 Å². The number of nitrogens with zero attached hydrogens (tertiary/aromatic N) is 1. The topological polar surface area (TPSA) is 89.7 Å². The van der Waals surface area contributed by atoms with Crippen LogP contribution in [0.15, 0.2) is 0 Å². The minimum atomic E-state index is -3.04. The second kappa shape index (κ2) is 6.41. The van der Waals surface area contributed by atoms with Crippen LogP contribution in [-0.4, -0.2) is 63.1 Å². The lowest BCUT2D eigenvalue weighted by Gasteiger charge is -2.35. The largest absolute Gasteiger partial charge is 0.383 e. The number of sulfone groups is 1. The third kappa shape index (κ3) is 4.43. The van der Waals surface area contributed by atoms with Crippen molar-refractivity contribution in [1.29, 1.82) is 0 Å². The zero-order valence-corrected chi connectivity index (χ0v) is 13.6. The second-order valence-electron chi connectivity index (χ2n) is 6.42. The van der Waals surface area contributed by atoms with E-state index in [2.05, 4.69) is 0 Å². The predicted molar refractivity (Wildman–Crippen MR) is 78.1 cm³/mol. The van der Waals surface area contributed by atoms with Gasteiger partial charge in [-0.2, -0.15) is 0 Å². The van der Waals surface area contributed by atoms with Crippen molar-refractivity contribution in [3.63, 3.8) is 0 Å². The fraction of sp³-hybridized carbons (Fsp3) is 0.923. The van der Waals surface area contributed by atoms with Gasteiger partial charge in [-0.1, -0.05) is 20.8 Å². The number of amides is 1. The fourth-order valence-corrected chi connectivity index (χ4v) is 3.96. The average Bonchev–Trinajstić information content (AvgIpc) is 2.67. The highest BCUT2D eigenvalue weighted by Gasteiger charge is 2.38. The Kier molecular flexibility index (Phi) is 5.57. The van der Waals surface area contributed by atoms with Gasteiger partial charge in [0.1, 0.15) is 0 Å². The molecule has 1 amide bonds. The van der Waals surface area contributed by atoms with Gasteiger partial charge >= 0.3 is 0 Å². The quantitative estimate of drug-likeness (QED) is 0.773. The monoisotopic (exact) mass is 306 g/mol. The number of hydrogen-bond acceptors (Lipinski definition) is 5. The molecule has 0 radical (unpaired) electrons. The van der Waals surface area contributed by atoms with Crippen molar-refractivity contribution < 1.29 is 17.9 Å². The van der Waals surface area contributed by atoms with E-state index in [0.29, 0.717) is 19.6 Å². The Bertz CT molecular complexity index is 442. The Hall–Kier alpha value is -0.660. The van der Waals surface area contributed by atoms with Crippen molar-refractivity contribution >= 4 is 15.7 Å². The van der Waals surface area contributed by atoms with Gasteiger partial charge in [-0.15, -0.1) is 0 Å². The van der Waals surface area contributed by atoms with E-state index in [9.17, 15) is 13.2 Å². The summed E-state index contributed by atoms with van der Waals surface area (Å²) >= 11 is 0. The number of carbonyl (C=O) groups excluding carboxylic acids is 1. The minimum absolute atomic E-state index is 0.0271. The van der Waals surface area contributed by atoms with Crippen LogP contribution in [-0.2, 0) is 19.4 Å². The number of ether oxygens (including phenoxy) is 1. The highest BCUT2D eigenvalue weighted by molar-refractivity contribution is 7.91. The summed E-state index contributed by atoms with van der Waals surface area (Å²) < 4.78 is 28.2. The van der Waals surface area contributed by atoms with Crippen molar-refractivity contribution in [3.05, 3.63) is 0 Å². The van der Waals surface area contributed by atoms with Gasteiger partial charge < -0.3 is 15.4 Å². The lowest BCUT2D eigenvalue weighted by atomic mass is 9.86. The van der Waals surface area contributed by atoms with Gasteiger partial charge in [-0.25, -0.2) is 8.42 Å². The maximum atomic E-state index is 12.5. The summed E-state index contributed by atoms with van der Waals surface area (Å²) in [6, 6.07) is -0.932. The molecular formula is C13H26N2O4S. The number of nitrogens with two attached hydrogens (primary N) is 1. The van der Waals surface area contributed by atoms with E-state index < -0.39 is 15.9 Å². The summed E-state index contributed by atoms with van der Waals surface area (Å²) in [6.07, 6.45) is 0.481. The summed E-state index contributed by atoms with van der Waals surface area (Å²) in [5.74, 6) is -0.0324. The van der Waals surface area contributed by atoms with E-state index in [-0.39, 0.29) is 28.9 Å². The van der Waals surface area contributed by atoms with E-state index in [0.717, 1.165) is 0 Å². The van der Waals surface area contributed by atoms with Gasteiger partial charge in [0, 0.05) is 19.7 Å². The molecule has 7 heteroatoms. The van der Waals surface area contributed by atoms with E-state index in [1.807, 2.05) is 20.8 Å². The summed E-state index contributed by atoms with van der Waals surface area (Å²) in [5, 5.41) is 0. The standard InChI is InChI=1S/C13H26N2O4S/c1-13(2,3)11(14)12(16)15(6-7-19-4)10-5-8-20(17,18)9-10/h10-11H,5-9,14H2,1-4H3/t10?,11-/m1/s1. The molecule has 6 nitrogen and oxygen atoms in total. The average molecular weight is 306 g/mol. The van der Waals surface area contributed by atoms with Crippen molar-refractivity contribution in [2.24, 2.45) is 11.1 Å². The van der Waals surface area contributed by atoms with Crippen molar-refractivity contribution in [2.75, 3.05) is 31.8 Å². The first-order valence-electron chi connectivity index (χ1n) is 6.84. The van der Waals surface area contributed by atoms with Crippen LogP contribution >= 0.6 is 0 Å². The normalized spacial score (nSPS) is 23.6. The Labute approximate surface area is 121 Å². The first-order chi connectivity index (χ1) is 9.08. The number of rotatable bonds is 5. The van der Waals surface area contributed by atoms with Crippen LogP contribution in [0, 0.1) is 5.41 Å². The molecule has 1 rings (SSSR count). The first kappa shape index (κ1) is 17.4. The molecule has 118 valence electrons. The lowest BCUT2D eigenvalue weighted by Crippen LogP contribution is -2.54. The Morgan fingerprint density at radius 2 is 2.05 bits per heavy atom. The molecule has 1 aliphatic rings. The maximum absolute atomic E-state index is 12.5. The zero-order valence-electron chi connectivity index (χ0n) is 12.8. The smallest absolute Gasteiger partial charge is 0.240 e. The second-order valence-corrected chi connectivity index (χ2v) is 8.65. The maximum Gasteiger partial charge on any atom is 0.240 e. The van der Waals surface area contributed by atoms with E-state index in [1.165, 1.54) is 0 Å². The summed E-state index contributed by atoms with van der Waals surface area (Å²) in [7, 11) is -1.48. The van der Waals surface area contributed by atoms with Crippen molar-refractivity contribution in [2.45, 2.75) is 39.3 Å². The minimum Gasteiger partial charge on any atom is -0.383 e. The SMILES string of the molecule is COCCN(C(=O)[C@@H](N)C(C)(C)C)C1CCS(=O)(=O)C1. The van der Waals surface area contributed by atoms with Gasteiger partial charge in [-0.3, -0.25) is 4.79 Å². The molecule has 0 aromatic carbocycles. The summed E-state index contributed by atoms with van der Waals surface area (Å²) in [5.41, 5.74) is 5.66. The molecule has 20 heavy (non-hydrogen) atoms. The molecule has 1 saturated heterocycles. The highest BCUT2D eigenvalue weighted by Crippen LogP contribution is 2.23. The van der Waals surface area contributed by atoms with Crippen LogP contribution in [0.3, 0.4) is 0 Å². The zero-order chi connectivity index (χ0) is 15.6. The van der Waals surface area contributed by atoms with Crippen LogP contribution in [0.2, 0.25) is 0 Å². The molecule has 2 atom stereocenters. The highest BCUT2D eigenvalue weighted by atomic mass is 32.2. The molecule has 1 aliphatic heterocycles. The molecule has 1 unspecified atom stereocenters. The Morgan fingerprint density at radius 3 is 2.45 bits per heavy atom. The van der Waals surface area contributed by atoms with E-state index in [4.69, 9.17) is 10.5 Å². The molecule has 0 saturated carbocycles. The molecule has 0 bridgehead atoms. The van der Waals surface area contributed by atoms with Gasteiger partial charge in [0.05, 0.1) is 24.2 Å². The molecule has 0 aliphatic carbocycles. The lowest BCUT2D eigenvalue weighted by molar-refractivity contribution is -0.137. The third-order valence-corrected chi connectivity index (χ3v) is 5.42. The molecule has 1 fully saturated rings. The summed E-state index contributed by atoms with van der Waals surface area (Å²) in [6.45, 7) is 6.44. The number of hydrogen-bond donors (Lipinski definition) is 1. The number of methoxy groups -OCH3 is 1. The molecular weight excluding hydrogens is 280 g/mol. The molecule has 0 aromatic heterocycles. The van der Waals surface area contributed by atoms with Crippen LogP contribution in [0.4, 0.5) is 0 Å². The molecule has 2 N–H and O–H groups in total. The van der Waals surface area contributed by atoms with Gasteiger partial charge in [0.25, 0.3) is 0 Å². The Morgan fingerprint density at radius 1 is 1.45 bits per heavy atom. The Balaban J connectivity index is 2.87. The fourth-order valence-electron chi connectivity index (χ4n) is 2.23. The van der Waals surface area contributed by atoms with Crippen LogP contribution in [0.5, 0.6) is 0 Å². The van der Waals surface area contributed by atoms with E-state index in [1.54, 1.807) is 12.0 Å². The van der Waals surface area contributed by atoms with Crippen molar-refractivity contribution in [3.8, 4) is 0 Å². The van der Waals surface area contributed by atoms with Crippen LogP contribution in [0.1, 0.15) is 27.2 Å². The number of carbonyl (C=O) groups is 1. The third-order valence-electron chi connectivity index (χ3n) is 3.67.